The number of anilines is 1. The van der Waals surface area contributed by atoms with Crippen LogP contribution in [0.2, 0.25) is 0 Å². The second kappa shape index (κ2) is 6.13. The second-order valence-corrected chi connectivity index (χ2v) is 5.27. The van der Waals surface area contributed by atoms with Crippen LogP contribution < -0.4 is 21.1 Å². The van der Waals surface area contributed by atoms with Gasteiger partial charge in [0.1, 0.15) is 12.3 Å². The minimum absolute atomic E-state index is 0.106. The van der Waals surface area contributed by atoms with Gasteiger partial charge in [-0.2, -0.15) is 0 Å². The summed E-state index contributed by atoms with van der Waals surface area (Å²) in [4.78, 5) is 24.8. The third-order valence-electron chi connectivity index (χ3n) is 3.53. The Morgan fingerprint density at radius 1 is 1.48 bits per heavy atom. The van der Waals surface area contributed by atoms with Gasteiger partial charge in [0.2, 0.25) is 5.91 Å². The SMILES string of the molecule is CCCC(N)c1ccc2c(c1)N(CC(N)=O)C(=O)C(C)O2. The predicted molar refractivity (Wildman–Crippen MR) is 79.9 cm³/mol. The molecule has 2 rings (SSSR count). The van der Waals surface area contributed by atoms with Crippen molar-refractivity contribution in [3.05, 3.63) is 23.8 Å². The first-order valence-electron chi connectivity index (χ1n) is 7.10. The van der Waals surface area contributed by atoms with Gasteiger partial charge in [0.05, 0.1) is 5.69 Å². The topological polar surface area (TPSA) is 98.6 Å². The molecule has 0 radical (unpaired) electrons. The van der Waals surface area contributed by atoms with Crippen molar-refractivity contribution < 1.29 is 14.3 Å². The Labute approximate surface area is 124 Å². The number of primary amides is 1. The van der Waals surface area contributed by atoms with Crippen LogP contribution >= 0.6 is 0 Å². The zero-order chi connectivity index (χ0) is 15.6. The van der Waals surface area contributed by atoms with Crippen molar-refractivity contribution in [2.45, 2.75) is 38.8 Å². The van der Waals surface area contributed by atoms with Crippen LogP contribution in [0.3, 0.4) is 0 Å². The standard InChI is InChI=1S/C15H21N3O3/c1-3-4-11(16)10-5-6-13-12(7-10)18(8-14(17)19)15(20)9(2)21-13/h5-7,9,11H,3-4,8,16H2,1-2H3,(H2,17,19). The molecule has 0 aromatic heterocycles. The summed E-state index contributed by atoms with van der Waals surface area (Å²) in [6, 6.07) is 5.38. The van der Waals surface area contributed by atoms with E-state index in [1.807, 2.05) is 12.1 Å². The highest BCUT2D eigenvalue weighted by molar-refractivity contribution is 6.03. The summed E-state index contributed by atoms with van der Waals surface area (Å²) >= 11 is 0. The lowest BCUT2D eigenvalue weighted by Gasteiger charge is -2.33. The minimum atomic E-state index is -0.632. The molecule has 1 aromatic rings. The van der Waals surface area contributed by atoms with Gasteiger partial charge in [0.15, 0.2) is 6.10 Å². The van der Waals surface area contributed by atoms with Crippen molar-refractivity contribution in [2.24, 2.45) is 11.5 Å². The number of carbonyl (C=O) groups excluding carboxylic acids is 2. The highest BCUT2D eigenvalue weighted by Crippen LogP contribution is 2.36. The summed E-state index contributed by atoms with van der Waals surface area (Å²) in [5.74, 6) is -0.273. The average Bonchev–Trinajstić information content (AvgIpc) is 2.43. The molecular weight excluding hydrogens is 270 g/mol. The summed E-state index contributed by atoms with van der Waals surface area (Å²) in [5.41, 5.74) is 12.8. The molecule has 6 nitrogen and oxygen atoms in total. The number of ether oxygens (including phenoxy) is 1. The van der Waals surface area contributed by atoms with Crippen molar-refractivity contribution in [1.82, 2.24) is 0 Å². The van der Waals surface area contributed by atoms with Crippen LogP contribution in [0.1, 0.15) is 38.3 Å². The number of nitrogens with two attached hydrogens (primary N) is 2. The fraction of sp³-hybridized carbons (Fsp3) is 0.467. The molecule has 1 aromatic carbocycles. The Hall–Kier alpha value is -2.08. The Morgan fingerprint density at radius 2 is 2.19 bits per heavy atom. The molecule has 0 fully saturated rings. The van der Waals surface area contributed by atoms with Crippen molar-refractivity contribution >= 4 is 17.5 Å². The number of nitrogens with zero attached hydrogens (tertiary/aromatic N) is 1. The van der Waals surface area contributed by atoms with Gasteiger partial charge in [-0.3, -0.25) is 14.5 Å². The van der Waals surface area contributed by atoms with Crippen LogP contribution in [0, 0.1) is 0 Å². The maximum atomic E-state index is 12.2. The molecular formula is C15H21N3O3. The van der Waals surface area contributed by atoms with Crippen LogP contribution in [0.5, 0.6) is 5.75 Å². The Morgan fingerprint density at radius 3 is 2.81 bits per heavy atom. The summed E-state index contributed by atoms with van der Waals surface area (Å²) in [7, 11) is 0. The van der Waals surface area contributed by atoms with Gasteiger partial charge in [-0.25, -0.2) is 0 Å². The van der Waals surface area contributed by atoms with Crippen LogP contribution in [-0.2, 0) is 9.59 Å². The van der Waals surface area contributed by atoms with E-state index in [1.165, 1.54) is 4.90 Å². The van der Waals surface area contributed by atoms with Crippen molar-refractivity contribution in [1.29, 1.82) is 0 Å². The smallest absolute Gasteiger partial charge is 0.268 e. The normalized spacial score (nSPS) is 18.9. The van der Waals surface area contributed by atoms with E-state index < -0.39 is 12.0 Å². The van der Waals surface area contributed by atoms with Gasteiger partial charge < -0.3 is 16.2 Å². The number of hydrogen-bond donors (Lipinski definition) is 2. The van der Waals surface area contributed by atoms with E-state index in [9.17, 15) is 9.59 Å². The highest BCUT2D eigenvalue weighted by Gasteiger charge is 2.32. The van der Waals surface area contributed by atoms with E-state index in [4.69, 9.17) is 16.2 Å². The number of hydrogen-bond acceptors (Lipinski definition) is 4. The van der Waals surface area contributed by atoms with Gasteiger partial charge >= 0.3 is 0 Å². The molecule has 114 valence electrons. The first kappa shape index (κ1) is 15.3. The van der Waals surface area contributed by atoms with Gasteiger partial charge in [0.25, 0.3) is 5.91 Å². The third kappa shape index (κ3) is 3.16. The Bertz CT molecular complexity index is 559. The molecule has 0 saturated carbocycles. The number of amides is 2. The summed E-state index contributed by atoms with van der Waals surface area (Å²) in [6.07, 6.45) is 1.18. The predicted octanol–water partition coefficient (Wildman–Crippen LogP) is 1.09. The average molecular weight is 291 g/mol. The van der Waals surface area contributed by atoms with E-state index >= 15 is 0 Å². The molecule has 2 amide bonds. The Kier molecular flexibility index (Phi) is 4.47. The molecule has 1 aliphatic rings. The quantitative estimate of drug-likeness (QED) is 0.848. The van der Waals surface area contributed by atoms with Crippen LogP contribution in [0.4, 0.5) is 5.69 Å². The summed E-state index contributed by atoms with van der Waals surface area (Å²) in [6.45, 7) is 3.55. The van der Waals surface area contributed by atoms with E-state index in [0.29, 0.717) is 11.4 Å². The lowest BCUT2D eigenvalue weighted by Crippen LogP contribution is -2.48. The summed E-state index contributed by atoms with van der Waals surface area (Å²) in [5, 5.41) is 0. The molecule has 0 aliphatic carbocycles. The van der Waals surface area contributed by atoms with Gasteiger partial charge in [-0.1, -0.05) is 19.4 Å². The van der Waals surface area contributed by atoms with E-state index in [1.54, 1.807) is 13.0 Å². The number of carbonyl (C=O) groups is 2. The molecule has 1 aliphatic heterocycles. The second-order valence-electron chi connectivity index (χ2n) is 5.27. The van der Waals surface area contributed by atoms with Gasteiger partial charge in [0, 0.05) is 6.04 Å². The van der Waals surface area contributed by atoms with E-state index in [0.717, 1.165) is 18.4 Å². The van der Waals surface area contributed by atoms with Crippen LogP contribution in [0.15, 0.2) is 18.2 Å². The number of benzene rings is 1. The maximum Gasteiger partial charge on any atom is 0.268 e. The fourth-order valence-electron chi connectivity index (χ4n) is 2.45. The zero-order valence-electron chi connectivity index (χ0n) is 12.3. The molecule has 2 atom stereocenters. The molecule has 0 bridgehead atoms. The van der Waals surface area contributed by atoms with Crippen LogP contribution in [-0.4, -0.2) is 24.5 Å². The van der Waals surface area contributed by atoms with Gasteiger partial charge in [-0.15, -0.1) is 0 Å². The monoisotopic (exact) mass is 291 g/mol. The molecule has 1 heterocycles. The first-order valence-corrected chi connectivity index (χ1v) is 7.10. The molecule has 6 heteroatoms. The largest absolute Gasteiger partial charge is 0.479 e. The van der Waals surface area contributed by atoms with Crippen molar-refractivity contribution in [3.8, 4) is 5.75 Å². The Balaban J connectivity index is 2.40. The van der Waals surface area contributed by atoms with E-state index in [2.05, 4.69) is 6.92 Å². The number of fused-ring (bicyclic) bond motifs is 1. The lowest BCUT2D eigenvalue weighted by atomic mass is 10.0. The van der Waals surface area contributed by atoms with Crippen LogP contribution in [0.25, 0.3) is 0 Å². The molecule has 0 saturated heterocycles. The fourth-order valence-corrected chi connectivity index (χ4v) is 2.45. The number of rotatable bonds is 5. The van der Waals surface area contributed by atoms with Gasteiger partial charge in [-0.05, 0) is 31.0 Å². The highest BCUT2D eigenvalue weighted by atomic mass is 16.5. The summed E-state index contributed by atoms with van der Waals surface area (Å²) < 4.78 is 5.57. The molecule has 21 heavy (non-hydrogen) atoms. The minimum Gasteiger partial charge on any atom is -0.479 e. The zero-order valence-corrected chi connectivity index (χ0v) is 12.3. The van der Waals surface area contributed by atoms with E-state index in [-0.39, 0.29) is 18.5 Å². The lowest BCUT2D eigenvalue weighted by molar-refractivity contribution is -0.127. The maximum absolute atomic E-state index is 12.2. The molecule has 0 spiro atoms. The van der Waals surface area contributed by atoms with Crippen molar-refractivity contribution in [2.75, 3.05) is 11.4 Å². The van der Waals surface area contributed by atoms with Crippen molar-refractivity contribution in [3.63, 3.8) is 0 Å². The molecule has 2 unspecified atom stereocenters. The first-order chi connectivity index (χ1) is 9.93. The molecule has 4 N–H and O–H groups in total. The third-order valence-corrected chi connectivity index (χ3v) is 3.53.